The van der Waals surface area contributed by atoms with Crippen LogP contribution in [0.4, 0.5) is 0 Å². The van der Waals surface area contributed by atoms with Crippen LogP contribution in [0.1, 0.15) is 6.42 Å². The molecule has 0 heterocycles. The Morgan fingerprint density at radius 2 is 1.42 bits per heavy atom. The van der Waals surface area contributed by atoms with Crippen molar-refractivity contribution in [3.8, 4) is 5.75 Å². The largest absolute Gasteiger partial charge is 0.497 e. The second-order valence-electron chi connectivity index (χ2n) is 6.59. The van der Waals surface area contributed by atoms with E-state index in [1.807, 2.05) is 23.9 Å². The number of ether oxygens (including phenoxy) is 1. The monoisotopic (exact) mass is 378 g/mol. The van der Waals surface area contributed by atoms with Gasteiger partial charge in [0.25, 0.3) is 0 Å². The van der Waals surface area contributed by atoms with Gasteiger partial charge in [-0.25, -0.2) is 0 Å². The topological polar surface area (TPSA) is 9.23 Å². The second kappa shape index (κ2) is 8.29. The molecular weight excluding hydrogens is 355 g/mol. The molecule has 0 unspecified atom stereocenters. The van der Waals surface area contributed by atoms with Crippen molar-refractivity contribution in [2.45, 2.75) is 17.0 Å². The highest BCUT2D eigenvalue weighted by Gasteiger charge is 2.43. The van der Waals surface area contributed by atoms with Gasteiger partial charge in [0.15, 0.2) is 0 Å². The summed E-state index contributed by atoms with van der Waals surface area (Å²) in [5, 5.41) is 3.02. The zero-order valence-corrected chi connectivity index (χ0v) is 16.6. The molecule has 132 valence electrons. The fraction of sp³-hybridized carbons (Fsp3) is 0.217. The minimum Gasteiger partial charge on any atom is -0.497 e. The van der Waals surface area contributed by atoms with Gasteiger partial charge in [0.2, 0.25) is 0 Å². The van der Waals surface area contributed by atoms with Gasteiger partial charge in [-0.2, -0.15) is 0 Å². The Labute approximate surface area is 161 Å². The predicted octanol–water partition coefficient (Wildman–Crippen LogP) is 5.31. The summed E-state index contributed by atoms with van der Waals surface area (Å²) in [6, 6.07) is 30.6. The molecule has 26 heavy (non-hydrogen) atoms. The number of thioether (sulfide) groups is 1. The molecule has 0 aromatic heterocycles. The molecule has 3 aromatic rings. The lowest BCUT2D eigenvalue weighted by molar-refractivity contribution is 0.414. The lowest BCUT2D eigenvalue weighted by Crippen LogP contribution is -2.15. The van der Waals surface area contributed by atoms with Gasteiger partial charge in [0.05, 0.1) is 7.11 Å². The molecule has 2 atom stereocenters. The zero-order valence-electron chi connectivity index (χ0n) is 14.9. The molecule has 0 spiro atoms. The Morgan fingerprint density at radius 1 is 0.846 bits per heavy atom. The summed E-state index contributed by atoms with van der Waals surface area (Å²) in [5.74, 6) is 2.94. The Hall–Kier alpha value is -1.76. The van der Waals surface area contributed by atoms with Gasteiger partial charge in [-0.15, -0.1) is 11.8 Å². The molecule has 0 aliphatic heterocycles. The lowest BCUT2D eigenvalue weighted by Gasteiger charge is -2.19. The van der Waals surface area contributed by atoms with Crippen LogP contribution in [-0.4, -0.2) is 18.5 Å². The summed E-state index contributed by atoms with van der Waals surface area (Å²) in [5.41, 5.74) is 0.806. The first-order valence-corrected chi connectivity index (χ1v) is 11.4. The van der Waals surface area contributed by atoms with Gasteiger partial charge in [-0.1, -0.05) is 60.7 Å². The molecule has 3 aromatic carbocycles. The fourth-order valence-corrected chi connectivity index (χ4v) is 7.62. The van der Waals surface area contributed by atoms with Crippen LogP contribution in [0.3, 0.4) is 0 Å². The smallest absolute Gasteiger partial charge is 0.118 e. The van der Waals surface area contributed by atoms with Gasteiger partial charge >= 0.3 is 0 Å². The maximum atomic E-state index is 5.25. The van der Waals surface area contributed by atoms with E-state index in [2.05, 4.69) is 72.8 Å². The van der Waals surface area contributed by atoms with E-state index in [4.69, 9.17) is 4.74 Å². The van der Waals surface area contributed by atoms with Crippen LogP contribution in [-0.2, 0) is 0 Å². The van der Waals surface area contributed by atoms with Crippen molar-refractivity contribution in [2.24, 2.45) is 5.92 Å². The van der Waals surface area contributed by atoms with Crippen LogP contribution in [0, 0.1) is 5.92 Å². The summed E-state index contributed by atoms with van der Waals surface area (Å²) in [7, 11) is 1.46. The Morgan fingerprint density at radius 3 is 1.96 bits per heavy atom. The quantitative estimate of drug-likeness (QED) is 0.407. The Kier molecular flexibility index (Phi) is 5.62. The average Bonchev–Trinajstić information content (AvgIpc) is 3.48. The van der Waals surface area contributed by atoms with Gasteiger partial charge in [-0.3, -0.25) is 0 Å². The van der Waals surface area contributed by atoms with E-state index in [0.29, 0.717) is 0 Å². The Bertz CT molecular complexity index is 780. The maximum Gasteiger partial charge on any atom is 0.118 e. The van der Waals surface area contributed by atoms with Crippen LogP contribution in [0.5, 0.6) is 5.75 Å². The fourth-order valence-electron chi connectivity index (χ4n) is 3.31. The molecule has 4 rings (SSSR count). The SMILES string of the molecule is COc1ccc(SC[C@H]2C[C@H]2P(c2ccccc2)c2ccccc2)cc1. The molecular formula is C23H23OPS. The highest BCUT2D eigenvalue weighted by atomic mass is 32.2. The van der Waals surface area contributed by atoms with E-state index in [9.17, 15) is 0 Å². The van der Waals surface area contributed by atoms with E-state index < -0.39 is 0 Å². The highest BCUT2D eigenvalue weighted by molar-refractivity contribution is 7.99. The van der Waals surface area contributed by atoms with E-state index in [-0.39, 0.29) is 7.92 Å². The third-order valence-electron chi connectivity index (χ3n) is 4.81. The summed E-state index contributed by atoms with van der Waals surface area (Å²) in [6.07, 6.45) is 1.35. The average molecular weight is 378 g/mol. The normalized spacial score (nSPS) is 18.7. The minimum absolute atomic E-state index is 0.260. The van der Waals surface area contributed by atoms with Crippen molar-refractivity contribution in [1.82, 2.24) is 0 Å². The van der Waals surface area contributed by atoms with Crippen molar-refractivity contribution in [3.63, 3.8) is 0 Å². The number of hydrogen-bond acceptors (Lipinski definition) is 2. The van der Waals surface area contributed by atoms with E-state index in [1.165, 1.54) is 27.7 Å². The second-order valence-corrected chi connectivity index (χ2v) is 10.1. The van der Waals surface area contributed by atoms with Crippen LogP contribution >= 0.6 is 19.7 Å². The van der Waals surface area contributed by atoms with Crippen molar-refractivity contribution < 1.29 is 4.74 Å². The van der Waals surface area contributed by atoms with E-state index >= 15 is 0 Å². The van der Waals surface area contributed by atoms with E-state index in [1.54, 1.807) is 7.11 Å². The third-order valence-corrected chi connectivity index (χ3v) is 9.01. The number of benzene rings is 3. The first-order chi connectivity index (χ1) is 12.8. The predicted molar refractivity (Wildman–Crippen MR) is 115 cm³/mol. The molecule has 0 amide bonds. The van der Waals surface area contributed by atoms with Gasteiger partial charge < -0.3 is 4.74 Å². The van der Waals surface area contributed by atoms with Crippen LogP contribution in [0.25, 0.3) is 0 Å². The van der Waals surface area contributed by atoms with Crippen LogP contribution < -0.4 is 15.3 Å². The van der Waals surface area contributed by atoms with Crippen molar-refractivity contribution >= 4 is 30.3 Å². The van der Waals surface area contributed by atoms with Gasteiger partial charge in [0, 0.05) is 10.6 Å². The molecule has 1 aliphatic rings. The first-order valence-electron chi connectivity index (χ1n) is 9.01. The standard InChI is InChI=1S/C23H23OPS/c1-24-19-12-14-22(15-13-19)26-17-18-16-23(18)25(20-8-4-2-5-9-20)21-10-6-3-7-11-21/h2-15,18,23H,16-17H2,1H3/t18-,23-/m1/s1. The van der Waals surface area contributed by atoms with Crippen LogP contribution in [0.2, 0.25) is 0 Å². The molecule has 0 N–H and O–H groups in total. The number of hydrogen-bond donors (Lipinski definition) is 0. The summed E-state index contributed by atoms with van der Waals surface area (Å²) < 4.78 is 5.25. The molecule has 1 aliphatic carbocycles. The summed E-state index contributed by atoms with van der Waals surface area (Å²) >= 11 is 1.98. The first kappa shape index (κ1) is 17.6. The molecule has 0 saturated heterocycles. The molecule has 0 bridgehead atoms. The minimum atomic E-state index is -0.260. The molecule has 1 saturated carbocycles. The molecule has 1 nitrogen and oxygen atoms in total. The summed E-state index contributed by atoms with van der Waals surface area (Å²) in [4.78, 5) is 1.33. The van der Waals surface area contributed by atoms with Crippen molar-refractivity contribution in [2.75, 3.05) is 12.9 Å². The highest BCUT2D eigenvalue weighted by Crippen LogP contribution is 2.57. The van der Waals surface area contributed by atoms with Crippen molar-refractivity contribution in [1.29, 1.82) is 0 Å². The number of methoxy groups -OCH3 is 1. The van der Waals surface area contributed by atoms with Gasteiger partial charge in [-0.05, 0) is 60.8 Å². The lowest BCUT2D eigenvalue weighted by atomic mass is 10.3. The van der Waals surface area contributed by atoms with Crippen molar-refractivity contribution in [3.05, 3.63) is 84.9 Å². The third kappa shape index (κ3) is 4.14. The molecule has 0 radical (unpaired) electrons. The molecule has 1 fully saturated rings. The van der Waals surface area contributed by atoms with Crippen LogP contribution in [0.15, 0.2) is 89.8 Å². The van der Waals surface area contributed by atoms with E-state index in [0.717, 1.165) is 17.3 Å². The van der Waals surface area contributed by atoms with Gasteiger partial charge in [0.1, 0.15) is 5.75 Å². The summed E-state index contributed by atoms with van der Waals surface area (Å²) in [6.45, 7) is 0. The maximum absolute atomic E-state index is 5.25. The number of rotatable bonds is 7. The molecule has 3 heteroatoms. The Balaban J connectivity index is 1.45. The zero-order chi connectivity index (χ0) is 17.8.